The van der Waals surface area contributed by atoms with Crippen LogP contribution in [0.5, 0.6) is 5.75 Å². The smallest absolute Gasteiger partial charge is 0.119 e. The van der Waals surface area contributed by atoms with Crippen molar-refractivity contribution >= 4 is 12.4 Å². The Labute approximate surface area is 146 Å². The number of hydrogen-bond acceptors (Lipinski definition) is 2. The van der Waals surface area contributed by atoms with Gasteiger partial charge in [-0.25, -0.2) is 0 Å². The van der Waals surface area contributed by atoms with Gasteiger partial charge in [0.25, 0.3) is 0 Å². The van der Waals surface area contributed by atoms with Crippen LogP contribution in [0.2, 0.25) is 0 Å². The highest BCUT2D eigenvalue weighted by Gasteiger charge is 2.08. The lowest BCUT2D eigenvalue weighted by Gasteiger charge is -2.15. The number of para-hydroxylation sites is 1. The van der Waals surface area contributed by atoms with E-state index in [1.165, 1.54) is 31.2 Å². The van der Waals surface area contributed by atoms with Crippen LogP contribution >= 0.6 is 12.4 Å². The van der Waals surface area contributed by atoms with E-state index in [1.807, 2.05) is 30.3 Å². The molecule has 1 atom stereocenters. The van der Waals surface area contributed by atoms with Crippen LogP contribution in [-0.4, -0.2) is 13.2 Å². The Hall–Kier alpha value is -1.51. The van der Waals surface area contributed by atoms with E-state index in [-0.39, 0.29) is 12.4 Å². The molecule has 2 aromatic carbocycles. The Kier molecular flexibility index (Phi) is 10.2. The number of rotatable bonds is 10. The SMILES string of the molecule is Cl.NCC(CCCCCCOc1ccccc1)c1ccccc1. The maximum Gasteiger partial charge on any atom is 0.119 e. The number of halogens is 1. The molecule has 2 N–H and O–H groups in total. The highest BCUT2D eigenvalue weighted by atomic mass is 35.5. The zero-order valence-electron chi connectivity index (χ0n) is 13.7. The molecule has 126 valence electrons. The second-order valence-corrected chi connectivity index (χ2v) is 5.71. The number of hydrogen-bond donors (Lipinski definition) is 1. The van der Waals surface area contributed by atoms with Crippen molar-refractivity contribution < 1.29 is 4.74 Å². The van der Waals surface area contributed by atoms with Gasteiger partial charge in [0.1, 0.15) is 5.75 Å². The predicted molar refractivity (Wildman–Crippen MR) is 101 cm³/mol. The Bertz CT molecular complexity index is 504. The van der Waals surface area contributed by atoms with Crippen molar-refractivity contribution in [3.8, 4) is 5.75 Å². The van der Waals surface area contributed by atoms with E-state index in [4.69, 9.17) is 10.5 Å². The van der Waals surface area contributed by atoms with Gasteiger partial charge >= 0.3 is 0 Å². The molecular formula is C20H28ClNO. The van der Waals surface area contributed by atoms with Gasteiger partial charge in [-0.1, -0.05) is 67.8 Å². The topological polar surface area (TPSA) is 35.2 Å². The average molecular weight is 334 g/mol. The molecule has 0 amide bonds. The number of benzene rings is 2. The lowest BCUT2D eigenvalue weighted by atomic mass is 9.93. The lowest BCUT2D eigenvalue weighted by molar-refractivity contribution is 0.304. The Morgan fingerprint density at radius 3 is 2.04 bits per heavy atom. The number of ether oxygens (including phenoxy) is 1. The minimum absolute atomic E-state index is 0. The highest BCUT2D eigenvalue weighted by Crippen LogP contribution is 2.21. The molecular weight excluding hydrogens is 306 g/mol. The van der Waals surface area contributed by atoms with Crippen LogP contribution in [0, 0.1) is 0 Å². The Balaban J connectivity index is 0.00000264. The molecule has 2 aromatic rings. The summed E-state index contributed by atoms with van der Waals surface area (Å²) in [5.74, 6) is 1.47. The third kappa shape index (κ3) is 7.54. The standard InChI is InChI=1S/C20H27NO.ClH/c21-17-19(18-11-6-3-7-12-18)13-5-1-2-10-16-22-20-14-8-4-9-15-20;/h3-4,6-9,11-12,14-15,19H,1-2,5,10,13,16-17,21H2;1H. The van der Waals surface area contributed by atoms with Crippen molar-refractivity contribution in [2.24, 2.45) is 5.73 Å². The van der Waals surface area contributed by atoms with E-state index in [1.54, 1.807) is 0 Å². The molecule has 3 heteroatoms. The molecule has 0 aliphatic carbocycles. The minimum Gasteiger partial charge on any atom is -0.494 e. The summed E-state index contributed by atoms with van der Waals surface area (Å²) in [6.07, 6.45) is 6.01. The third-order valence-corrected chi connectivity index (χ3v) is 4.01. The molecule has 0 spiro atoms. The molecule has 0 saturated heterocycles. The fourth-order valence-electron chi connectivity index (χ4n) is 2.70. The third-order valence-electron chi connectivity index (χ3n) is 4.01. The zero-order chi connectivity index (χ0) is 15.5. The van der Waals surface area contributed by atoms with Crippen molar-refractivity contribution in [3.63, 3.8) is 0 Å². The average Bonchev–Trinajstić information content (AvgIpc) is 2.59. The van der Waals surface area contributed by atoms with E-state index >= 15 is 0 Å². The number of nitrogens with two attached hydrogens (primary N) is 1. The summed E-state index contributed by atoms with van der Waals surface area (Å²) in [5.41, 5.74) is 7.28. The normalized spacial score (nSPS) is 11.5. The fourth-order valence-corrected chi connectivity index (χ4v) is 2.70. The summed E-state index contributed by atoms with van der Waals surface area (Å²) in [4.78, 5) is 0. The first-order valence-corrected chi connectivity index (χ1v) is 8.33. The van der Waals surface area contributed by atoms with Crippen molar-refractivity contribution in [3.05, 3.63) is 66.2 Å². The molecule has 0 fully saturated rings. The van der Waals surface area contributed by atoms with Gasteiger partial charge in [0.15, 0.2) is 0 Å². The predicted octanol–water partition coefficient (Wildman–Crippen LogP) is 5.18. The first-order chi connectivity index (χ1) is 10.9. The molecule has 23 heavy (non-hydrogen) atoms. The van der Waals surface area contributed by atoms with Gasteiger partial charge in [0.2, 0.25) is 0 Å². The second kappa shape index (κ2) is 12.0. The van der Waals surface area contributed by atoms with Crippen molar-refractivity contribution in [2.75, 3.05) is 13.2 Å². The van der Waals surface area contributed by atoms with E-state index in [0.717, 1.165) is 25.3 Å². The first-order valence-electron chi connectivity index (χ1n) is 8.33. The lowest BCUT2D eigenvalue weighted by Crippen LogP contribution is -2.12. The quantitative estimate of drug-likeness (QED) is 0.608. The van der Waals surface area contributed by atoms with Gasteiger partial charge in [-0.3, -0.25) is 0 Å². The van der Waals surface area contributed by atoms with E-state index in [0.29, 0.717) is 5.92 Å². The van der Waals surface area contributed by atoms with Crippen molar-refractivity contribution in [1.82, 2.24) is 0 Å². The van der Waals surface area contributed by atoms with E-state index in [9.17, 15) is 0 Å². The second-order valence-electron chi connectivity index (χ2n) is 5.71. The Morgan fingerprint density at radius 2 is 1.39 bits per heavy atom. The van der Waals surface area contributed by atoms with Gasteiger partial charge in [-0.2, -0.15) is 0 Å². The molecule has 0 aliphatic rings. The first kappa shape index (κ1) is 19.5. The summed E-state index contributed by atoms with van der Waals surface area (Å²) in [7, 11) is 0. The largest absolute Gasteiger partial charge is 0.494 e. The van der Waals surface area contributed by atoms with Crippen LogP contribution in [0.1, 0.15) is 43.6 Å². The van der Waals surface area contributed by atoms with E-state index in [2.05, 4.69) is 30.3 Å². The monoisotopic (exact) mass is 333 g/mol. The molecule has 0 saturated carbocycles. The van der Waals surface area contributed by atoms with Crippen LogP contribution in [0.3, 0.4) is 0 Å². The van der Waals surface area contributed by atoms with Crippen molar-refractivity contribution in [1.29, 1.82) is 0 Å². The van der Waals surface area contributed by atoms with Crippen LogP contribution in [0.4, 0.5) is 0 Å². The van der Waals surface area contributed by atoms with Crippen LogP contribution in [-0.2, 0) is 0 Å². The van der Waals surface area contributed by atoms with Gasteiger partial charge in [-0.15, -0.1) is 12.4 Å². The van der Waals surface area contributed by atoms with Gasteiger partial charge in [0, 0.05) is 0 Å². The van der Waals surface area contributed by atoms with Crippen LogP contribution < -0.4 is 10.5 Å². The summed E-state index contributed by atoms with van der Waals surface area (Å²) in [6.45, 7) is 1.55. The van der Waals surface area contributed by atoms with Gasteiger partial charge < -0.3 is 10.5 Å². The Morgan fingerprint density at radius 1 is 0.783 bits per heavy atom. The maximum atomic E-state index is 5.91. The molecule has 0 heterocycles. The molecule has 0 radical (unpaired) electrons. The molecule has 0 bridgehead atoms. The maximum absolute atomic E-state index is 5.91. The zero-order valence-corrected chi connectivity index (χ0v) is 14.5. The summed E-state index contributed by atoms with van der Waals surface area (Å²) < 4.78 is 5.70. The highest BCUT2D eigenvalue weighted by molar-refractivity contribution is 5.85. The van der Waals surface area contributed by atoms with Crippen LogP contribution in [0.15, 0.2) is 60.7 Å². The summed E-state index contributed by atoms with van der Waals surface area (Å²) >= 11 is 0. The molecule has 1 unspecified atom stereocenters. The number of unbranched alkanes of at least 4 members (excludes halogenated alkanes) is 3. The summed E-state index contributed by atoms with van der Waals surface area (Å²) in [6, 6.07) is 20.7. The fraction of sp³-hybridized carbons (Fsp3) is 0.400. The van der Waals surface area contributed by atoms with Gasteiger partial charge in [0.05, 0.1) is 6.61 Å². The van der Waals surface area contributed by atoms with Crippen LogP contribution in [0.25, 0.3) is 0 Å². The molecule has 2 nitrogen and oxygen atoms in total. The molecule has 0 aliphatic heterocycles. The van der Waals surface area contributed by atoms with E-state index < -0.39 is 0 Å². The molecule has 0 aromatic heterocycles. The minimum atomic E-state index is 0. The van der Waals surface area contributed by atoms with Gasteiger partial charge in [-0.05, 0) is 43.0 Å². The summed E-state index contributed by atoms with van der Waals surface area (Å²) in [5, 5.41) is 0. The van der Waals surface area contributed by atoms with Crippen molar-refractivity contribution in [2.45, 2.75) is 38.0 Å². The molecule has 2 rings (SSSR count).